The average molecular weight is 340 g/mol. The van der Waals surface area contributed by atoms with Crippen molar-refractivity contribution in [3.63, 3.8) is 0 Å². The van der Waals surface area contributed by atoms with E-state index in [1.807, 2.05) is 23.1 Å². The van der Waals surface area contributed by atoms with Gasteiger partial charge in [-0.05, 0) is 38.7 Å². The first-order valence-electron chi connectivity index (χ1n) is 9.47. The van der Waals surface area contributed by atoms with Crippen LogP contribution in [0.1, 0.15) is 43.1 Å². The van der Waals surface area contributed by atoms with Gasteiger partial charge in [0.15, 0.2) is 0 Å². The van der Waals surface area contributed by atoms with Gasteiger partial charge in [-0.3, -0.25) is 4.68 Å². The van der Waals surface area contributed by atoms with E-state index in [2.05, 4.69) is 39.9 Å². The van der Waals surface area contributed by atoms with Crippen molar-refractivity contribution in [1.29, 1.82) is 0 Å². The molecule has 0 amide bonds. The number of aromatic nitrogens is 4. The first-order valence-corrected chi connectivity index (χ1v) is 9.47. The number of anilines is 1. The zero-order valence-electron chi connectivity index (χ0n) is 15.3. The quantitative estimate of drug-likeness (QED) is 0.808. The van der Waals surface area contributed by atoms with Crippen LogP contribution in [0.4, 0.5) is 5.82 Å². The Hall–Kier alpha value is -1.95. The van der Waals surface area contributed by atoms with Crippen molar-refractivity contribution < 1.29 is 0 Å². The highest BCUT2D eigenvalue weighted by atomic mass is 15.3. The summed E-state index contributed by atoms with van der Waals surface area (Å²) in [4.78, 5) is 14.4. The minimum Gasteiger partial charge on any atom is -0.356 e. The zero-order valence-corrected chi connectivity index (χ0v) is 15.3. The molecule has 1 saturated carbocycles. The largest absolute Gasteiger partial charge is 0.356 e. The van der Waals surface area contributed by atoms with E-state index in [1.165, 1.54) is 25.7 Å². The van der Waals surface area contributed by atoms with E-state index < -0.39 is 0 Å². The second-order valence-electron chi connectivity index (χ2n) is 7.45. The van der Waals surface area contributed by atoms with Gasteiger partial charge in [-0.2, -0.15) is 5.10 Å². The predicted octanol–water partition coefficient (Wildman–Crippen LogP) is 2.46. The van der Waals surface area contributed by atoms with Crippen LogP contribution < -0.4 is 4.90 Å². The van der Waals surface area contributed by atoms with E-state index in [0.29, 0.717) is 12.0 Å². The van der Waals surface area contributed by atoms with Crippen LogP contribution in [0.5, 0.6) is 0 Å². The molecule has 134 valence electrons. The van der Waals surface area contributed by atoms with Gasteiger partial charge in [0, 0.05) is 62.8 Å². The smallest absolute Gasteiger partial charge is 0.134 e. The number of aryl methyl sites for hydroxylation is 1. The summed E-state index contributed by atoms with van der Waals surface area (Å²) in [5, 5.41) is 4.29. The van der Waals surface area contributed by atoms with E-state index in [1.54, 1.807) is 0 Å². The molecule has 2 fully saturated rings. The van der Waals surface area contributed by atoms with Crippen molar-refractivity contribution in [2.75, 3.05) is 31.6 Å². The highest BCUT2D eigenvalue weighted by molar-refractivity contribution is 5.41. The first kappa shape index (κ1) is 16.5. The highest BCUT2D eigenvalue weighted by Crippen LogP contribution is 2.38. The second kappa shape index (κ2) is 7.12. The van der Waals surface area contributed by atoms with Crippen LogP contribution in [0.2, 0.25) is 0 Å². The molecule has 1 saturated heterocycles. The Bertz CT molecular complexity index is 686. The molecule has 0 atom stereocenters. The fraction of sp³-hybridized carbons (Fsp3) is 0.632. The molecular formula is C19H28N6. The van der Waals surface area contributed by atoms with Crippen LogP contribution in [0.3, 0.4) is 0 Å². The molecule has 0 unspecified atom stereocenters. The summed E-state index contributed by atoms with van der Waals surface area (Å²) in [6.07, 6.45) is 8.77. The number of hydrogen-bond acceptors (Lipinski definition) is 5. The number of likely N-dealkylation sites (tertiary alicyclic amines) is 1. The molecule has 0 aromatic carbocycles. The molecule has 1 aliphatic heterocycles. The number of nitrogens with zero attached hydrogens (tertiary/aromatic N) is 6. The normalized spacial score (nSPS) is 19.3. The minimum atomic E-state index is 0.572. The van der Waals surface area contributed by atoms with Crippen molar-refractivity contribution in [3.8, 4) is 0 Å². The molecule has 0 radical (unpaired) electrons. The number of rotatable bonds is 6. The number of piperidine rings is 1. The van der Waals surface area contributed by atoms with Crippen LogP contribution in [-0.4, -0.2) is 57.4 Å². The van der Waals surface area contributed by atoms with Crippen LogP contribution in [0.25, 0.3) is 0 Å². The van der Waals surface area contributed by atoms with Gasteiger partial charge >= 0.3 is 0 Å². The van der Waals surface area contributed by atoms with Crippen LogP contribution >= 0.6 is 0 Å². The van der Waals surface area contributed by atoms with Crippen molar-refractivity contribution in [2.24, 2.45) is 0 Å². The van der Waals surface area contributed by atoms with Crippen LogP contribution in [0, 0.1) is 6.92 Å². The van der Waals surface area contributed by atoms with Gasteiger partial charge < -0.3 is 9.80 Å². The molecule has 0 spiro atoms. The molecule has 1 aliphatic carbocycles. The van der Waals surface area contributed by atoms with Crippen molar-refractivity contribution >= 4 is 5.82 Å². The zero-order chi connectivity index (χ0) is 17.2. The molecule has 3 heterocycles. The molecule has 2 aromatic rings. The van der Waals surface area contributed by atoms with Gasteiger partial charge in [0.25, 0.3) is 0 Å². The van der Waals surface area contributed by atoms with E-state index in [-0.39, 0.29) is 0 Å². The SMILES string of the molecule is Cc1cc(N(C)C2CCN(CCn3cccn3)CC2)nc(C2CC2)n1. The Kier molecular flexibility index (Phi) is 4.70. The molecule has 4 rings (SSSR count). The minimum absolute atomic E-state index is 0.572. The van der Waals surface area contributed by atoms with Crippen LogP contribution in [0.15, 0.2) is 24.5 Å². The second-order valence-corrected chi connectivity index (χ2v) is 7.45. The van der Waals surface area contributed by atoms with E-state index in [9.17, 15) is 0 Å². The third-order valence-electron chi connectivity index (χ3n) is 5.47. The third-order valence-corrected chi connectivity index (χ3v) is 5.47. The first-order chi connectivity index (χ1) is 12.2. The van der Waals surface area contributed by atoms with Gasteiger partial charge in [0.1, 0.15) is 11.6 Å². The fourth-order valence-electron chi connectivity index (χ4n) is 3.67. The monoisotopic (exact) mass is 340 g/mol. The Labute approximate surface area is 149 Å². The van der Waals surface area contributed by atoms with E-state index >= 15 is 0 Å². The molecular weight excluding hydrogens is 312 g/mol. The van der Waals surface area contributed by atoms with E-state index in [0.717, 1.165) is 43.5 Å². The van der Waals surface area contributed by atoms with Crippen LogP contribution in [-0.2, 0) is 6.54 Å². The van der Waals surface area contributed by atoms with E-state index in [4.69, 9.17) is 4.98 Å². The number of hydrogen-bond donors (Lipinski definition) is 0. The summed E-state index contributed by atoms with van der Waals surface area (Å²) in [5.74, 6) is 2.76. The summed E-state index contributed by atoms with van der Waals surface area (Å²) in [5.41, 5.74) is 1.09. The van der Waals surface area contributed by atoms with Crippen molar-refractivity contribution in [1.82, 2.24) is 24.6 Å². The Morgan fingerprint density at radius 3 is 2.60 bits per heavy atom. The van der Waals surface area contributed by atoms with Gasteiger partial charge in [-0.25, -0.2) is 9.97 Å². The summed E-state index contributed by atoms with van der Waals surface area (Å²) in [7, 11) is 2.20. The lowest BCUT2D eigenvalue weighted by atomic mass is 10.0. The van der Waals surface area contributed by atoms with Gasteiger partial charge in [-0.15, -0.1) is 0 Å². The molecule has 0 N–H and O–H groups in total. The average Bonchev–Trinajstić information content (AvgIpc) is 3.35. The lowest BCUT2D eigenvalue weighted by molar-refractivity contribution is 0.201. The van der Waals surface area contributed by atoms with Gasteiger partial charge in [-0.1, -0.05) is 0 Å². The molecule has 25 heavy (non-hydrogen) atoms. The standard InChI is InChI=1S/C19H28N6/c1-15-14-18(22-19(21-15)16-4-5-16)23(2)17-6-10-24(11-7-17)12-13-25-9-3-8-20-25/h3,8-9,14,16-17H,4-7,10-13H2,1-2H3. The lowest BCUT2D eigenvalue weighted by Gasteiger charge is -2.37. The lowest BCUT2D eigenvalue weighted by Crippen LogP contribution is -2.44. The Morgan fingerprint density at radius 1 is 1.12 bits per heavy atom. The predicted molar refractivity (Wildman–Crippen MR) is 98.8 cm³/mol. The fourth-order valence-corrected chi connectivity index (χ4v) is 3.67. The summed E-state index contributed by atoms with van der Waals surface area (Å²) in [6, 6.07) is 4.69. The Balaban J connectivity index is 1.32. The Morgan fingerprint density at radius 2 is 1.92 bits per heavy atom. The summed E-state index contributed by atoms with van der Waals surface area (Å²) >= 11 is 0. The molecule has 2 aliphatic rings. The van der Waals surface area contributed by atoms with Gasteiger partial charge in [0.2, 0.25) is 0 Å². The third kappa shape index (κ3) is 4.00. The van der Waals surface area contributed by atoms with Crippen molar-refractivity contribution in [3.05, 3.63) is 36.0 Å². The van der Waals surface area contributed by atoms with Gasteiger partial charge in [0.05, 0.1) is 6.54 Å². The molecule has 6 nitrogen and oxygen atoms in total. The summed E-state index contributed by atoms with van der Waals surface area (Å²) < 4.78 is 2.02. The topological polar surface area (TPSA) is 50.1 Å². The maximum Gasteiger partial charge on any atom is 0.134 e. The maximum atomic E-state index is 4.85. The van der Waals surface area contributed by atoms with Crippen molar-refractivity contribution in [2.45, 2.75) is 51.1 Å². The highest BCUT2D eigenvalue weighted by Gasteiger charge is 2.28. The summed E-state index contributed by atoms with van der Waals surface area (Å²) in [6.45, 7) is 6.44. The molecule has 6 heteroatoms. The molecule has 0 bridgehead atoms. The molecule has 2 aromatic heterocycles. The maximum absolute atomic E-state index is 4.85.